The first kappa shape index (κ1) is 17.2. The summed E-state index contributed by atoms with van der Waals surface area (Å²) in [5.74, 6) is 0.869. The summed E-state index contributed by atoms with van der Waals surface area (Å²) in [5, 5.41) is 4.46. The Labute approximate surface area is 147 Å². The number of aromatic nitrogens is 4. The van der Waals surface area contributed by atoms with Crippen molar-refractivity contribution in [3.05, 3.63) is 46.5 Å². The number of imidazole rings is 1. The van der Waals surface area contributed by atoms with Crippen LogP contribution in [0.4, 0.5) is 0 Å². The number of carbonyl (C=O) groups is 1. The molecule has 0 radical (unpaired) electrons. The van der Waals surface area contributed by atoms with Gasteiger partial charge in [-0.15, -0.1) is 0 Å². The standard InChI is InChI=1S/C19H25N5O/c1-11(2)24(10-16-12(3)22-23(6)13(16)4)19(25)15-7-8-17-18(9-15)21-14(5)20-17/h7-9,11H,10H2,1-6H3,(H,20,21). The summed E-state index contributed by atoms with van der Waals surface area (Å²) in [6, 6.07) is 5.72. The van der Waals surface area contributed by atoms with E-state index < -0.39 is 0 Å². The number of aromatic amines is 1. The van der Waals surface area contributed by atoms with Gasteiger partial charge in [0.2, 0.25) is 0 Å². The molecule has 0 fully saturated rings. The van der Waals surface area contributed by atoms with Crippen molar-refractivity contribution in [1.82, 2.24) is 24.6 Å². The van der Waals surface area contributed by atoms with Crippen LogP contribution in [0.2, 0.25) is 0 Å². The Bertz CT molecular complexity index is 935. The molecule has 3 rings (SSSR count). The average Bonchev–Trinajstić information content (AvgIpc) is 3.03. The molecule has 0 bridgehead atoms. The molecular weight excluding hydrogens is 314 g/mol. The van der Waals surface area contributed by atoms with E-state index in [4.69, 9.17) is 0 Å². The number of nitrogens with zero attached hydrogens (tertiary/aromatic N) is 4. The monoisotopic (exact) mass is 339 g/mol. The van der Waals surface area contributed by atoms with Gasteiger partial charge in [0.05, 0.1) is 16.7 Å². The molecule has 1 aromatic carbocycles. The fourth-order valence-corrected chi connectivity index (χ4v) is 3.14. The number of nitrogens with one attached hydrogen (secondary N) is 1. The lowest BCUT2D eigenvalue weighted by molar-refractivity contribution is 0.0690. The number of hydrogen-bond donors (Lipinski definition) is 1. The maximum absolute atomic E-state index is 13.1. The van der Waals surface area contributed by atoms with E-state index in [1.54, 1.807) is 0 Å². The van der Waals surface area contributed by atoms with Gasteiger partial charge in [0.1, 0.15) is 5.82 Å². The molecule has 1 N–H and O–H groups in total. The van der Waals surface area contributed by atoms with Crippen molar-refractivity contribution in [3.8, 4) is 0 Å². The zero-order valence-corrected chi connectivity index (χ0v) is 15.7. The highest BCUT2D eigenvalue weighted by atomic mass is 16.2. The van der Waals surface area contributed by atoms with Crippen molar-refractivity contribution in [2.45, 2.75) is 47.2 Å². The summed E-state index contributed by atoms with van der Waals surface area (Å²) in [6.45, 7) is 10.6. The number of aryl methyl sites for hydroxylation is 3. The molecule has 132 valence electrons. The lowest BCUT2D eigenvalue weighted by atomic mass is 10.1. The highest BCUT2D eigenvalue weighted by molar-refractivity contribution is 5.97. The van der Waals surface area contributed by atoms with E-state index >= 15 is 0 Å². The number of hydrogen-bond acceptors (Lipinski definition) is 3. The van der Waals surface area contributed by atoms with Crippen molar-refractivity contribution in [2.24, 2.45) is 7.05 Å². The van der Waals surface area contributed by atoms with Crippen LogP contribution < -0.4 is 0 Å². The highest BCUT2D eigenvalue weighted by Crippen LogP contribution is 2.20. The lowest BCUT2D eigenvalue weighted by Crippen LogP contribution is -2.36. The predicted octanol–water partition coefficient (Wildman–Crippen LogP) is 3.27. The summed E-state index contributed by atoms with van der Waals surface area (Å²) >= 11 is 0. The second-order valence-electron chi connectivity index (χ2n) is 6.85. The van der Waals surface area contributed by atoms with Crippen molar-refractivity contribution < 1.29 is 4.79 Å². The van der Waals surface area contributed by atoms with Gasteiger partial charge in [-0.25, -0.2) is 4.98 Å². The summed E-state index contributed by atoms with van der Waals surface area (Å²) < 4.78 is 1.87. The van der Waals surface area contributed by atoms with Crippen LogP contribution in [0.1, 0.15) is 47.0 Å². The SMILES string of the molecule is Cc1nc2ccc(C(=O)N(Cc3c(C)nn(C)c3C)C(C)C)cc2[nH]1. The van der Waals surface area contributed by atoms with Crippen LogP contribution in [0.3, 0.4) is 0 Å². The second-order valence-corrected chi connectivity index (χ2v) is 6.85. The molecule has 0 atom stereocenters. The average molecular weight is 339 g/mol. The minimum atomic E-state index is 0.0202. The number of benzene rings is 1. The summed E-state index contributed by atoms with van der Waals surface area (Å²) in [4.78, 5) is 22.6. The van der Waals surface area contributed by atoms with E-state index in [2.05, 4.69) is 15.1 Å². The Morgan fingerprint density at radius 1 is 1.28 bits per heavy atom. The van der Waals surface area contributed by atoms with Crippen LogP contribution in [0.5, 0.6) is 0 Å². The maximum Gasteiger partial charge on any atom is 0.254 e. The number of carbonyl (C=O) groups excluding carboxylic acids is 1. The van der Waals surface area contributed by atoms with E-state index in [-0.39, 0.29) is 11.9 Å². The molecule has 0 saturated carbocycles. The van der Waals surface area contributed by atoms with E-state index in [9.17, 15) is 4.79 Å². The van der Waals surface area contributed by atoms with Gasteiger partial charge in [-0.1, -0.05) is 0 Å². The summed E-state index contributed by atoms with van der Waals surface area (Å²) in [7, 11) is 1.93. The van der Waals surface area contributed by atoms with E-state index in [0.717, 1.165) is 33.8 Å². The molecule has 25 heavy (non-hydrogen) atoms. The van der Waals surface area contributed by atoms with Crippen LogP contribution in [-0.4, -0.2) is 36.6 Å². The van der Waals surface area contributed by atoms with Gasteiger partial charge < -0.3 is 9.88 Å². The largest absolute Gasteiger partial charge is 0.342 e. The number of H-pyrrole nitrogens is 1. The fourth-order valence-electron chi connectivity index (χ4n) is 3.14. The number of rotatable bonds is 4. The van der Waals surface area contributed by atoms with Crippen molar-refractivity contribution >= 4 is 16.9 Å². The Morgan fingerprint density at radius 3 is 2.60 bits per heavy atom. The van der Waals surface area contributed by atoms with Crippen molar-refractivity contribution in [1.29, 1.82) is 0 Å². The van der Waals surface area contributed by atoms with Crippen LogP contribution in [-0.2, 0) is 13.6 Å². The normalized spacial score (nSPS) is 11.5. The first-order valence-corrected chi connectivity index (χ1v) is 8.54. The Balaban J connectivity index is 1.94. The third-order valence-electron chi connectivity index (χ3n) is 4.72. The molecule has 0 aliphatic carbocycles. The van der Waals surface area contributed by atoms with Gasteiger partial charge >= 0.3 is 0 Å². The van der Waals surface area contributed by atoms with Crippen LogP contribution in [0.15, 0.2) is 18.2 Å². The van der Waals surface area contributed by atoms with E-state index in [1.807, 2.05) is 69.4 Å². The third kappa shape index (κ3) is 3.16. The number of fused-ring (bicyclic) bond motifs is 1. The molecule has 0 unspecified atom stereocenters. The van der Waals surface area contributed by atoms with Gasteiger partial charge in [-0.2, -0.15) is 5.10 Å². The van der Waals surface area contributed by atoms with E-state index in [0.29, 0.717) is 12.1 Å². The van der Waals surface area contributed by atoms with Gasteiger partial charge in [-0.05, 0) is 52.8 Å². The molecular formula is C19H25N5O. The maximum atomic E-state index is 13.1. The molecule has 1 amide bonds. The molecule has 0 aliphatic heterocycles. The van der Waals surface area contributed by atoms with Crippen LogP contribution in [0, 0.1) is 20.8 Å². The van der Waals surface area contributed by atoms with Gasteiger partial charge in [0.25, 0.3) is 5.91 Å². The zero-order valence-electron chi connectivity index (χ0n) is 15.7. The minimum Gasteiger partial charge on any atom is -0.342 e. The fraction of sp³-hybridized carbons (Fsp3) is 0.421. The molecule has 0 saturated heterocycles. The zero-order chi connectivity index (χ0) is 18.3. The third-order valence-corrected chi connectivity index (χ3v) is 4.72. The Kier molecular flexibility index (Phi) is 4.37. The summed E-state index contributed by atoms with van der Waals surface area (Å²) in [6.07, 6.45) is 0. The topological polar surface area (TPSA) is 66.8 Å². The van der Waals surface area contributed by atoms with Gasteiger partial charge in [0, 0.05) is 36.5 Å². The quantitative estimate of drug-likeness (QED) is 0.793. The lowest BCUT2D eigenvalue weighted by Gasteiger charge is -2.27. The Morgan fingerprint density at radius 2 is 2.00 bits per heavy atom. The first-order valence-electron chi connectivity index (χ1n) is 8.54. The second kappa shape index (κ2) is 6.35. The minimum absolute atomic E-state index is 0.0202. The van der Waals surface area contributed by atoms with Crippen LogP contribution in [0.25, 0.3) is 11.0 Å². The number of amides is 1. The molecule has 0 spiro atoms. The highest BCUT2D eigenvalue weighted by Gasteiger charge is 2.22. The van der Waals surface area contributed by atoms with Crippen LogP contribution >= 0.6 is 0 Å². The smallest absolute Gasteiger partial charge is 0.254 e. The van der Waals surface area contributed by atoms with Gasteiger partial charge in [0.15, 0.2) is 0 Å². The molecule has 3 aromatic rings. The van der Waals surface area contributed by atoms with Crippen molar-refractivity contribution in [2.75, 3.05) is 0 Å². The molecule has 2 aromatic heterocycles. The molecule has 0 aliphatic rings. The van der Waals surface area contributed by atoms with Crippen molar-refractivity contribution in [3.63, 3.8) is 0 Å². The summed E-state index contributed by atoms with van der Waals surface area (Å²) in [5.41, 5.74) is 5.62. The van der Waals surface area contributed by atoms with Gasteiger partial charge in [-0.3, -0.25) is 9.48 Å². The Hall–Kier alpha value is -2.63. The first-order chi connectivity index (χ1) is 11.8. The van der Waals surface area contributed by atoms with E-state index in [1.165, 1.54) is 0 Å². The molecule has 6 nitrogen and oxygen atoms in total. The molecule has 2 heterocycles. The predicted molar refractivity (Wildman–Crippen MR) is 98.5 cm³/mol. The molecule has 6 heteroatoms.